The van der Waals surface area contributed by atoms with Gasteiger partial charge in [0.15, 0.2) is 12.4 Å². The largest absolute Gasteiger partial charge is 0.477 e. The van der Waals surface area contributed by atoms with Gasteiger partial charge in [0.1, 0.15) is 0 Å². The van der Waals surface area contributed by atoms with E-state index in [1.165, 1.54) is 42.6 Å². The first-order valence-corrected chi connectivity index (χ1v) is 7.56. The lowest BCUT2D eigenvalue weighted by Crippen LogP contribution is -2.24. The van der Waals surface area contributed by atoms with Gasteiger partial charge in [-0.05, 0) is 17.7 Å². The van der Waals surface area contributed by atoms with Gasteiger partial charge in [-0.25, -0.2) is 5.43 Å². The van der Waals surface area contributed by atoms with Crippen molar-refractivity contribution in [3.05, 3.63) is 80.4 Å². The highest BCUT2D eigenvalue weighted by atomic mass is 16.6. The van der Waals surface area contributed by atoms with Crippen LogP contribution in [0.3, 0.4) is 0 Å². The van der Waals surface area contributed by atoms with E-state index in [0.29, 0.717) is 5.56 Å². The molecule has 0 saturated carbocycles. The molecule has 138 valence electrons. The Labute approximate surface area is 153 Å². The number of hydrazone groups is 1. The normalized spacial score (nSPS) is 10.8. The Morgan fingerprint density at radius 2 is 1.89 bits per heavy atom. The summed E-state index contributed by atoms with van der Waals surface area (Å²) in [5, 5.41) is 25.2. The van der Waals surface area contributed by atoms with Gasteiger partial charge in [-0.2, -0.15) is 5.10 Å². The van der Waals surface area contributed by atoms with E-state index in [4.69, 9.17) is 4.74 Å². The van der Waals surface area contributed by atoms with Crippen LogP contribution in [-0.2, 0) is 4.79 Å². The lowest BCUT2D eigenvalue weighted by atomic mass is 10.2. The third kappa shape index (κ3) is 6.05. The Morgan fingerprint density at radius 3 is 2.63 bits per heavy atom. The zero-order chi connectivity index (χ0) is 19.6. The number of non-ortho nitro benzene ring substituents is 1. The van der Waals surface area contributed by atoms with E-state index in [0.717, 1.165) is 0 Å². The molecule has 2 aromatic carbocycles. The monoisotopic (exact) mass is 370 g/mol. The van der Waals surface area contributed by atoms with Crippen molar-refractivity contribution in [3.63, 3.8) is 0 Å². The van der Waals surface area contributed by atoms with Crippen LogP contribution in [0.4, 0.5) is 11.4 Å². The number of nitro groups is 2. The number of carbonyl (C=O) groups is 1. The van der Waals surface area contributed by atoms with E-state index in [1.807, 2.05) is 0 Å². The summed E-state index contributed by atoms with van der Waals surface area (Å²) in [5.41, 5.74) is 2.52. The van der Waals surface area contributed by atoms with E-state index >= 15 is 0 Å². The third-order valence-electron chi connectivity index (χ3n) is 3.14. The Kier molecular flexibility index (Phi) is 6.71. The molecule has 10 heteroatoms. The van der Waals surface area contributed by atoms with E-state index < -0.39 is 22.4 Å². The number of carbonyl (C=O) groups excluding carboxylic acids is 1. The number of hydrogen-bond acceptors (Lipinski definition) is 7. The summed E-state index contributed by atoms with van der Waals surface area (Å²) in [6.07, 6.45) is 4.34. The molecule has 0 saturated heterocycles. The lowest BCUT2D eigenvalue weighted by molar-refractivity contribution is -0.385. The number of allylic oxidation sites excluding steroid dienone is 1. The second-order valence-electron chi connectivity index (χ2n) is 5.04. The average Bonchev–Trinajstić information content (AvgIpc) is 2.66. The van der Waals surface area contributed by atoms with E-state index in [2.05, 4.69) is 10.5 Å². The minimum atomic E-state index is -0.607. The maximum Gasteiger partial charge on any atom is 0.310 e. The highest BCUT2D eigenvalue weighted by Gasteiger charge is 2.14. The number of ether oxygens (including phenoxy) is 1. The summed E-state index contributed by atoms with van der Waals surface area (Å²) in [4.78, 5) is 32.1. The fraction of sp³-hybridized carbons (Fsp3) is 0.0588. The van der Waals surface area contributed by atoms with Gasteiger partial charge in [0.05, 0.1) is 9.85 Å². The molecule has 27 heavy (non-hydrogen) atoms. The number of hydrogen-bond donors (Lipinski definition) is 1. The summed E-state index contributed by atoms with van der Waals surface area (Å²) in [5.74, 6) is -0.625. The van der Waals surface area contributed by atoms with Crippen LogP contribution in [0, 0.1) is 20.2 Å². The van der Waals surface area contributed by atoms with Gasteiger partial charge >= 0.3 is 5.69 Å². The zero-order valence-corrected chi connectivity index (χ0v) is 13.8. The number of rotatable bonds is 8. The van der Waals surface area contributed by atoms with Gasteiger partial charge in [-0.15, -0.1) is 0 Å². The first-order valence-electron chi connectivity index (χ1n) is 7.56. The van der Waals surface area contributed by atoms with Crippen molar-refractivity contribution in [2.75, 3.05) is 6.61 Å². The topological polar surface area (TPSA) is 137 Å². The van der Waals surface area contributed by atoms with Crippen LogP contribution in [0.5, 0.6) is 5.75 Å². The molecule has 0 spiro atoms. The molecule has 0 aliphatic carbocycles. The SMILES string of the molecule is O=C(COc1ccccc1[N+](=O)[O-])N/N=C/C=C/c1cccc([N+](=O)[O-])c1. The quantitative estimate of drug-likeness (QED) is 0.431. The number of nitrogens with one attached hydrogen (secondary N) is 1. The van der Waals surface area contributed by atoms with Crippen LogP contribution in [-0.4, -0.2) is 28.6 Å². The number of benzene rings is 2. The van der Waals surface area contributed by atoms with Crippen molar-refractivity contribution in [1.82, 2.24) is 5.43 Å². The van der Waals surface area contributed by atoms with E-state index in [1.54, 1.807) is 24.3 Å². The number of para-hydroxylation sites is 2. The second kappa shape index (κ2) is 9.42. The number of nitro benzene ring substituents is 2. The molecule has 0 aromatic heterocycles. The van der Waals surface area contributed by atoms with E-state index in [9.17, 15) is 25.0 Å². The fourth-order valence-electron chi connectivity index (χ4n) is 1.95. The fourth-order valence-corrected chi connectivity index (χ4v) is 1.95. The van der Waals surface area contributed by atoms with Gasteiger partial charge in [0, 0.05) is 24.4 Å². The Morgan fingerprint density at radius 1 is 1.11 bits per heavy atom. The summed E-state index contributed by atoms with van der Waals surface area (Å²) in [6, 6.07) is 11.7. The van der Waals surface area contributed by atoms with Crippen molar-refractivity contribution < 1.29 is 19.4 Å². The highest BCUT2D eigenvalue weighted by molar-refractivity contribution is 5.82. The summed E-state index contributed by atoms with van der Waals surface area (Å²) < 4.78 is 5.11. The first kappa shape index (κ1) is 19.2. The summed E-state index contributed by atoms with van der Waals surface area (Å²) in [6.45, 7) is -0.448. The van der Waals surface area contributed by atoms with Crippen molar-refractivity contribution in [2.24, 2.45) is 5.10 Å². The van der Waals surface area contributed by atoms with Crippen LogP contribution in [0.15, 0.2) is 59.7 Å². The van der Waals surface area contributed by atoms with Crippen molar-refractivity contribution >= 4 is 29.6 Å². The molecule has 0 fully saturated rings. The van der Waals surface area contributed by atoms with Gasteiger partial charge < -0.3 is 4.74 Å². The van der Waals surface area contributed by atoms with Gasteiger partial charge in [0.25, 0.3) is 11.6 Å². The van der Waals surface area contributed by atoms with Crippen LogP contribution < -0.4 is 10.2 Å². The van der Waals surface area contributed by atoms with Crippen molar-refractivity contribution in [2.45, 2.75) is 0 Å². The molecule has 0 unspecified atom stereocenters. The molecule has 2 aromatic rings. The maximum absolute atomic E-state index is 11.6. The van der Waals surface area contributed by atoms with Crippen LogP contribution in [0.2, 0.25) is 0 Å². The van der Waals surface area contributed by atoms with Crippen LogP contribution >= 0.6 is 0 Å². The zero-order valence-electron chi connectivity index (χ0n) is 13.8. The average molecular weight is 370 g/mol. The van der Waals surface area contributed by atoms with E-state index in [-0.39, 0.29) is 17.1 Å². The van der Waals surface area contributed by atoms with Crippen molar-refractivity contribution in [1.29, 1.82) is 0 Å². The molecule has 10 nitrogen and oxygen atoms in total. The lowest BCUT2D eigenvalue weighted by Gasteiger charge is -2.05. The molecule has 0 aliphatic heterocycles. The molecular formula is C17H14N4O6. The maximum atomic E-state index is 11.6. The molecule has 1 N–H and O–H groups in total. The highest BCUT2D eigenvalue weighted by Crippen LogP contribution is 2.25. The smallest absolute Gasteiger partial charge is 0.310 e. The molecule has 1 amide bonds. The molecule has 0 atom stereocenters. The van der Waals surface area contributed by atoms with Gasteiger partial charge in [-0.3, -0.25) is 25.0 Å². The number of nitrogens with zero attached hydrogens (tertiary/aromatic N) is 3. The Balaban J connectivity index is 1.83. The van der Waals surface area contributed by atoms with Gasteiger partial charge in [0.2, 0.25) is 0 Å². The number of amides is 1. The van der Waals surface area contributed by atoms with Crippen LogP contribution in [0.25, 0.3) is 6.08 Å². The second-order valence-corrected chi connectivity index (χ2v) is 5.04. The predicted molar refractivity (Wildman–Crippen MR) is 97.4 cm³/mol. The van der Waals surface area contributed by atoms with Crippen molar-refractivity contribution in [3.8, 4) is 5.75 Å². The minimum Gasteiger partial charge on any atom is -0.477 e. The summed E-state index contributed by atoms with van der Waals surface area (Å²) >= 11 is 0. The molecule has 0 aliphatic rings. The Hall–Kier alpha value is -4.08. The van der Waals surface area contributed by atoms with Crippen LogP contribution in [0.1, 0.15) is 5.56 Å². The minimum absolute atomic E-state index is 0.0211. The molecule has 0 heterocycles. The Bertz CT molecular complexity index is 910. The van der Waals surface area contributed by atoms with Gasteiger partial charge in [-0.1, -0.05) is 30.3 Å². The molecule has 0 bridgehead atoms. The summed E-state index contributed by atoms with van der Waals surface area (Å²) in [7, 11) is 0. The standard InChI is InChI=1S/C17H14N4O6/c22-17(12-27-16-9-2-1-8-15(16)21(25)26)19-18-10-4-6-13-5-3-7-14(11-13)20(23)24/h1-11H,12H2,(H,19,22)/b6-4+,18-10+. The molecule has 0 radical (unpaired) electrons. The predicted octanol–water partition coefficient (Wildman–Crippen LogP) is 2.70. The molecule has 2 rings (SSSR count). The molecular weight excluding hydrogens is 356 g/mol. The third-order valence-corrected chi connectivity index (χ3v) is 3.14. The first-order chi connectivity index (χ1) is 13.0.